The maximum atomic E-state index is 11.5. The quantitative estimate of drug-likeness (QED) is 0.493. The van der Waals surface area contributed by atoms with Crippen LogP contribution in [0, 0.1) is 6.92 Å². The first-order chi connectivity index (χ1) is 9.99. The zero-order valence-corrected chi connectivity index (χ0v) is 13.6. The van der Waals surface area contributed by atoms with Crippen molar-refractivity contribution in [1.82, 2.24) is 10.3 Å². The van der Waals surface area contributed by atoms with E-state index in [2.05, 4.69) is 26.3 Å². The Kier molecular flexibility index (Phi) is 5.17. The van der Waals surface area contributed by atoms with Crippen molar-refractivity contribution in [2.24, 2.45) is 5.84 Å². The van der Waals surface area contributed by atoms with Crippen molar-refractivity contribution in [2.45, 2.75) is 20.0 Å². The number of nitrogens with one attached hydrogen (secondary N) is 1. The fourth-order valence-electron chi connectivity index (χ4n) is 2.08. The van der Waals surface area contributed by atoms with E-state index < -0.39 is 0 Å². The molecule has 1 heterocycles. The van der Waals surface area contributed by atoms with Crippen LogP contribution in [-0.4, -0.2) is 17.9 Å². The zero-order valence-electron chi connectivity index (χ0n) is 12.0. The summed E-state index contributed by atoms with van der Waals surface area (Å²) in [6.45, 7) is 3.40. The maximum Gasteiger partial charge on any atom is 0.265 e. The molecule has 0 atom stereocenters. The van der Waals surface area contributed by atoms with Gasteiger partial charge in [0.2, 0.25) is 0 Å². The molecule has 112 valence electrons. The highest BCUT2D eigenvalue weighted by Gasteiger charge is 2.10. The molecule has 0 saturated carbocycles. The number of carbonyl (C=O) groups is 1. The predicted octanol–water partition coefficient (Wildman–Crippen LogP) is 2.59. The molecule has 6 heteroatoms. The van der Waals surface area contributed by atoms with Gasteiger partial charge >= 0.3 is 0 Å². The van der Waals surface area contributed by atoms with E-state index in [1.807, 2.05) is 32.2 Å². The molecule has 2 rings (SSSR count). The van der Waals surface area contributed by atoms with E-state index in [1.54, 1.807) is 12.1 Å². The van der Waals surface area contributed by atoms with Gasteiger partial charge in [0.05, 0.1) is 6.54 Å². The topological polar surface area (TPSA) is 71.5 Å². The summed E-state index contributed by atoms with van der Waals surface area (Å²) < 4.78 is 6.45. The Morgan fingerprint density at radius 2 is 2.10 bits per heavy atom. The summed E-state index contributed by atoms with van der Waals surface area (Å²) in [5.41, 5.74) is 3.74. The van der Waals surface area contributed by atoms with Crippen molar-refractivity contribution in [3.63, 3.8) is 0 Å². The molecule has 0 spiro atoms. The first-order valence-corrected chi connectivity index (χ1v) is 7.32. The third kappa shape index (κ3) is 4.17. The van der Waals surface area contributed by atoms with Crippen LogP contribution in [0.4, 0.5) is 0 Å². The number of carbonyl (C=O) groups excluding carboxylic acids is 1. The second kappa shape index (κ2) is 6.89. The molecule has 1 amide bonds. The van der Waals surface area contributed by atoms with Gasteiger partial charge in [-0.15, -0.1) is 0 Å². The van der Waals surface area contributed by atoms with Crippen LogP contribution in [-0.2, 0) is 13.1 Å². The predicted molar refractivity (Wildman–Crippen MR) is 84.4 cm³/mol. The lowest BCUT2D eigenvalue weighted by molar-refractivity contribution is 0.0953. The van der Waals surface area contributed by atoms with Crippen LogP contribution >= 0.6 is 15.9 Å². The standard InChI is InChI=1S/C15H18BrN3O2/c1-10-3-6-13(21-10)9-19(2)8-12-5-4-11(7-14(12)16)15(20)18-17/h3-7H,8-9,17H2,1-2H3,(H,18,20). The van der Waals surface area contributed by atoms with Crippen molar-refractivity contribution >= 4 is 21.8 Å². The molecule has 0 radical (unpaired) electrons. The third-order valence-corrected chi connectivity index (χ3v) is 3.85. The highest BCUT2D eigenvalue weighted by molar-refractivity contribution is 9.10. The van der Waals surface area contributed by atoms with Gasteiger partial charge < -0.3 is 4.42 Å². The van der Waals surface area contributed by atoms with Gasteiger partial charge in [-0.1, -0.05) is 22.0 Å². The highest BCUT2D eigenvalue weighted by atomic mass is 79.9. The van der Waals surface area contributed by atoms with Crippen molar-refractivity contribution in [1.29, 1.82) is 0 Å². The summed E-state index contributed by atoms with van der Waals surface area (Å²) in [6.07, 6.45) is 0. The van der Waals surface area contributed by atoms with Gasteiger partial charge in [-0.3, -0.25) is 15.1 Å². The van der Waals surface area contributed by atoms with Gasteiger partial charge in [-0.25, -0.2) is 5.84 Å². The molecule has 21 heavy (non-hydrogen) atoms. The Labute approximate surface area is 132 Å². The molecule has 1 aromatic carbocycles. The second-order valence-corrected chi connectivity index (χ2v) is 5.82. The van der Waals surface area contributed by atoms with E-state index >= 15 is 0 Å². The molecule has 5 nitrogen and oxygen atoms in total. The minimum atomic E-state index is -0.304. The molecule has 0 bridgehead atoms. The molecule has 2 aromatic rings. The van der Waals surface area contributed by atoms with Crippen molar-refractivity contribution in [3.05, 3.63) is 57.5 Å². The lowest BCUT2D eigenvalue weighted by atomic mass is 10.1. The monoisotopic (exact) mass is 351 g/mol. The van der Waals surface area contributed by atoms with Crippen LogP contribution in [0.5, 0.6) is 0 Å². The molecular weight excluding hydrogens is 334 g/mol. The molecule has 0 fully saturated rings. The fourth-order valence-corrected chi connectivity index (χ4v) is 2.59. The van der Waals surface area contributed by atoms with Crippen LogP contribution in [0.15, 0.2) is 39.2 Å². The van der Waals surface area contributed by atoms with Crippen LogP contribution in [0.2, 0.25) is 0 Å². The first-order valence-electron chi connectivity index (χ1n) is 6.53. The van der Waals surface area contributed by atoms with E-state index in [0.29, 0.717) is 5.56 Å². The van der Waals surface area contributed by atoms with Crippen molar-refractivity contribution in [3.8, 4) is 0 Å². The average Bonchev–Trinajstić information content (AvgIpc) is 2.85. The number of benzene rings is 1. The van der Waals surface area contributed by atoms with Gasteiger partial charge in [0, 0.05) is 16.6 Å². The number of aryl methyl sites for hydroxylation is 1. The summed E-state index contributed by atoms with van der Waals surface area (Å²) in [6, 6.07) is 9.38. The normalized spacial score (nSPS) is 10.9. The summed E-state index contributed by atoms with van der Waals surface area (Å²) in [5.74, 6) is 6.67. The lowest BCUT2D eigenvalue weighted by Crippen LogP contribution is -2.30. The largest absolute Gasteiger partial charge is 0.465 e. The van der Waals surface area contributed by atoms with Gasteiger partial charge in [-0.2, -0.15) is 0 Å². The number of nitrogens with two attached hydrogens (primary N) is 1. The van der Waals surface area contributed by atoms with Crippen LogP contribution in [0.3, 0.4) is 0 Å². The molecule has 0 saturated heterocycles. The molecule has 0 unspecified atom stereocenters. The summed E-state index contributed by atoms with van der Waals surface area (Å²) >= 11 is 3.49. The highest BCUT2D eigenvalue weighted by Crippen LogP contribution is 2.21. The zero-order chi connectivity index (χ0) is 15.4. The van der Waals surface area contributed by atoms with E-state index in [0.717, 1.165) is 34.6 Å². The maximum absolute atomic E-state index is 11.5. The number of rotatable bonds is 5. The number of furan rings is 1. The smallest absolute Gasteiger partial charge is 0.265 e. The van der Waals surface area contributed by atoms with Crippen LogP contribution < -0.4 is 11.3 Å². The minimum absolute atomic E-state index is 0.304. The number of amides is 1. The summed E-state index contributed by atoms with van der Waals surface area (Å²) in [4.78, 5) is 13.6. The lowest BCUT2D eigenvalue weighted by Gasteiger charge is -2.16. The Morgan fingerprint density at radius 3 is 2.67 bits per heavy atom. The second-order valence-electron chi connectivity index (χ2n) is 4.96. The van der Waals surface area contributed by atoms with E-state index in [9.17, 15) is 4.79 Å². The van der Waals surface area contributed by atoms with Gasteiger partial charge in [-0.05, 0) is 43.8 Å². The SMILES string of the molecule is Cc1ccc(CN(C)Cc2ccc(C(=O)NN)cc2Br)o1. The Bertz CT molecular complexity index is 640. The van der Waals surface area contributed by atoms with Crippen molar-refractivity contribution < 1.29 is 9.21 Å². The number of hydrogen-bond acceptors (Lipinski definition) is 4. The molecular formula is C15H18BrN3O2. The van der Waals surface area contributed by atoms with E-state index in [4.69, 9.17) is 10.3 Å². The molecule has 0 aliphatic heterocycles. The molecule has 0 aliphatic carbocycles. The van der Waals surface area contributed by atoms with Gasteiger partial charge in [0.1, 0.15) is 11.5 Å². The molecule has 1 aromatic heterocycles. The summed E-state index contributed by atoms with van der Waals surface area (Å²) in [5, 5.41) is 0. The molecule has 3 N–H and O–H groups in total. The fraction of sp³-hybridized carbons (Fsp3) is 0.267. The minimum Gasteiger partial charge on any atom is -0.465 e. The average molecular weight is 352 g/mol. The summed E-state index contributed by atoms with van der Waals surface area (Å²) in [7, 11) is 2.02. The number of hydrazine groups is 1. The number of nitrogens with zero attached hydrogens (tertiary/aromatic N) is 1. The van der Waals surface area contributed by atoms with Crippen LogP contribution in [0.25, 0.3) is 0 Å². The molecule has 0 aliphatic rings. The van der Waals surface area contributed by atoms with E-state index in [-0.39, 0.29) is 5.91 Å². The van der Waals surface area contributed by atoms with Gasteiger partial charge in [0.25, 0.3) is 5.91 Å². The Morgan fingerprint density at radius 1 is 1.33 bits per heavy atom. The Balaban J connectivity index is 2.03. The Hall–Kier alpha value is -1.63. The third-order valence-electron chi connectivity index (χ3n) is 3.11. The number of halogens is 1. The number of hydrogen-bond donors (Lipinski definition) is 2. The van der Waals surface area contributed by atoms with Crippen molar-refractivity contribution in [2.75, 3.05) is 7.05 Å². The first kappa shape index (κ1) is 15.8. The number of nitrogen functional groups attached to an aromatic ring is 1. The van der Waals surface area contributed by atoms with Gasteiger partial charge in [0.15, 0.2) is 0 Å². The van der Waals surface area contributed by atoms with Crippen LogP contribution in [0.1, 0.15) is 27.4 Å². The van der Waals surface area contributed by atoms with E-state index in [1.165, 1.54) is 0 Å².